The lowest BCUT2D eigenvalue weighted by atomic mass is 10.1. The number of aromatic nitrogens is 1. The molecule has 1 aliphatic rings. The smallest absolute Gasteiger partial charge is 0.233 e. The molecular formula is C13H12ClNO4S2. The van der Waals surface area contributed by atoms with Gasteiger partial charge in [0.15, 0.2) is 11.5 Å². The van der Waals surface area contributed by atoms with Crippen molar-refractivity contribution in [3.05, 3.63) is 24.4 Å². The summed E-state index contributed by atoms with van der Waals surface area (Å²) in [6.07, 6.45) is 1.69. The van der Waals surface area contributed by atoms with Crippen molar-refractivity contribution < 1.29 is 17.9 Å². The Morgan fingerprint density at radius 2 is 1.95 bits per heavy atom. The minimum absolute atomic E-state index is 0.0954. The van der Waals surface area contributed by atoms with E-state index in [0.717, 1.165) is 21.5 Å². The van der Waals surface area contributed by atoms with Gasteiger partial charge in [-0.3, -0.25) is 0 Å². The van der Waals surface area contributed by atoms with Crippen molar-refractivity contribution in [1.29, 1.82) is 0 Å². The molecule has 21 heavy (non-hydrogen) atoms. The molecule has 2 aromatic rings. The van der Waals surface area contributed by atoms with Crippen molar-refractivity contribution in [3.8, 4) is 11.5 Å². The van der Waals surface area contributed by atoms with Crippen LogP contribution in [-0.2, 0) is 9.05 Å². The number of halogens is 1. The first-order chi connectivity index (χ1) is 10.0. The van der Waals surface area contributed by atoms with Gasteiger partial charge in [0.1, 0.15) is 18.2 Å². The summed E-state index contributed by atoms with van der Waals surface area (Å²) >= 11 is 1.36. The highest BCUT2D eigenvalue weighted by Gasteiger charge is 2.15. The minimum atomic E-state index is -3.48. The molecule has 8 heteroatoms. The topological polar surface area (TPSA) is 65.5 Å². The van der Waals surface area contributed by atoms with E-state index < -0.39 is 9.05 Å². The summed E-state index contributed by atoms with van der Waals surface area (Å²) in [6.45, 7) is 1.06. The van der Waals surface area contributed by atoms with Crippen molar-refractivity contribution in [1.82, 2.24) is 4.98 Å². The number of hydrogen-bond acceptors (Lipinski definition) is 6. The average Bonchev–Trinajstić information content (AvgIpc) is 2.44. The Balaban J connectivity index is 1.91. The van der Waals surface area contributed by atoms with Gasteiger partial charge in [-0.2, -0.15) is 0 Å². The first-order valence-electron chi connectivity index (χ1n) is 6.26. The number of nitrogens with zero attached hydrogens (tertiary/aromatic N) is 1. The molecule has 0 radical (unpaired) electrons. The Bertz CT molecular complexity index is 779. The molecule has 0 aliphatic carbocycles. The highest BCUT2D eigenvalue weighted by Crippen LogP contribution is 2.37. The quantitative estimate of drug-likeness (QED) is 0.627. The maximum Gasteiger partial charge on any atom is 0.233 e. The van der Waals surface area contributed by atoms with Gasteiger partial charge >= 0.3 is 0 Å². The summed E-state index contributed by atoms with van der Waals surface area (Å²) in [7, 11) is 1.73. The van der Waals surface area contributed by atoms with Crippen LogP contribution in [0.25, 0.3) is 10.8 Å². The SMILES string of the molecule is O=S(=O)(Cl)CCSc1nccc2cc3c(cc12)OCCO3. The molecule has 0 amide bonds. The molecule has 2 heterocycles. The molecule has 1 aromatic heterocycles. The molecule has 1 aromatic carbocycles. The van der Waals surface area contributed by atoms with Crippen LogP contribution in [0.15, 0.2) is 29.4 Å². The van der Waals surface area contributed by atoms with Gasteiger partial charge in [0.05, 0.1) is 5.75 Å². The molecule has 0 saturated heterocycles. The Kier molecular flexibility index (Phi) is 4.14. The average molecular weight is 346 g/mol. The molecule has 0 unspecified atom stereocenters. The second-order valence-corrected chi connectivity index (χ2v) is 8.40. The molecule has 0 spiro atoms. The fourth-order valence-corrected chi connectivity index (χ4v) is 4.39. The number of hydrogen-bond donors (Lipinski definition) is 0. The van der Waals surface area contributed by atoms with Crippen molar-refractivity contribution in [2.45, 2.75) is 5.03 Å². The van der Waals surface area contributed by atoms with Crippen LogP contribution >= 0.6 is 22.4 Å². The van der Waals surface area contributed by atoms with E-state index >= 15 is 0 Å². The Morgan fingerprint density at radius 3 is 2.67 bits per heavy atom. The fourth-order valence-electron chi connectivity index (χ4n) is 2.04. The van der Waals surface area contributed by atoms with Gasteiger partial charge in [0.2, 0.25) is 9.05 Å². The summed E-state index contributed by atoms with van der Waals surface area (Å²) in [5.74, 6) is 1.67. The molecule has 0 fully saturated rings. The molecular weight excluding hydrogens is 334 g/mol. The Labute approximate surface area is 131 Å². The van der Waals surface area contributed by atoms with Crippen LogP contribution in [0, 0.1) is 0 Å². The maximum absolute atomic E-state index is 11.0. The number of pyridine rings is 1. The highest BCUT2D eigenvalue weighted by molar-refractivity contribution is 8.14. The van der Waals surface area contributed by atoms with Crippen molar-refractivity contribution in [2.24, 2.45) is 0 Å². The molecule has 0 saturated carbocycles. The number of fused-ring (bicyclic) bond motifs is 2. The zero-order valence-electron chi connectivity index (χ0n) is 10.9. The zero-order chi connectivity index (χ0) is 14.9. The lowest BCUT2D eigenvalue weighted by molar-refractivity contribution is 0.172. The van der Waals surface area contributed by atoms with E-state index in [1.54, 1.807) is 6.20 Å². The zero-order valence-corrected chi connectivity index (χ0v) is 13.3. The molecule has 3 rings (SSSR count). The second-order valence-electron chi connectivity index (χ2n) is 4.42. The molecule has 0 bridgehead atoms. The van der Waals surface area contributed by atoms with Crippen molar-refractivity contribution in [2.75, 3.05) is 24.7 Å². The summed E-state index contributed by atoms with van der Waals surface area (Å²) < 4.78 is 33.1. The van der Waals surface area contributed by atoms with Gasteiger partial charge in [0.25, 0.3) is 0 Å². The van der Waals surface area contributed by atoms with Crippen LogP contribution in [0.3, 0.4) is 0 Å². The van der Waals surface area contributed by atoms with Gasteiger partial charge in [-0.25, -0.2) is 13.4 Å². The number of ether oxygens (including phenoxy) is 2. The third-order valence-corrected chi connectivity index (χ3v) is 5.38. The Hall–Kier alpha value is -1.18. The summed E-state index contributed by atoms with van der Waals surface area (Å²) in [5, 5.41) is 2.65. The maximum atomic E-state index is 11.0. The first-order valence-corrected chi connectivity index (χ1v) is 9.73. The van der Waals surface area contributed by atoms with E-state index in [4.69, 9.17) is 20.2 Å². The molecule has 5 nitrogen and oxygen atoms in total. The number of thioether (sulfide) groups is 1. The van der Waals surface area contributed by atoms with Crippen LogP contribution in [0.5, 0.6) is 11.5 Å². The summed E-state index contributed by atoms with van der Waals surface area (Å²) in [4.78, 5) is 4.30. The third-order valence-electron chi connectivity index (χ3n) is 2.96. The van der Waals surface area contributed by atoms with Gasteiger partial charge < -0.3 is 9.47 Å². The number of rotatable bonds is 4. The Morgan fingerprint density at radius 1 is 1.24 bits per heavy atom. The van der Waals surface area contributed by atoms with Crippen LogP contribution in [-0.4, -0.2) is 38.1 Å². The minimum Gasteiger partial charge on any atom is -0.486 e. The van der Waals surface area contributed by atoms with E-state index in [0.29, 0.717) is 24.7 Å². The molecule has 0 atom stereocenters. The summed E-state index contributed by atoms with van der Waals surface area (Å²) in [6, 6.07) is 5.68. The highest BCUT2D eigenvalue weighted by atomic mass is 35.7. The standard InChI is InChI=1S/C13H12ClNO4S2/c14-21(16,17)6-5-20-13-10-8-12-11(18-3-4-19-12)7-9(10)1-2-15-13/h1-2,7-8H,3-6H2. The van der Waals surface area contributed by atoms with E-state index in [1.807, 2.05) is 18.2 Å². The summed E-state index contributed by atoms with van der Waals surface area (Å²) in [5.41, 5.74) is 0. The van der Waals surface area contributed by atoms with Crippen LogP contribution in [0.4, 0.5) is 0 Å². The molecule has 0 N–H and O–H groups in total. The van der Waals surface area contributed by atoms with Crippen LogP contribution < -0.4 is 9.47 Å². The van der Waals surface area contributed by atoms with E-state index in [9.17, 15) is 8.42 Å². The largest absolute Gasteiger partial charge is 0.486 e. The third kappa shape index (κ3) is 3.53. The predicted octanol–water partition coefficient (Wildman–Crippen LogP) is 2.67. The molecule has 112 valence electrons. The van der Waals surface area contributed by atoms with Gasteiger partial charge in [-0.1, -0.05) is 0 Å². The monoisotopic (exact) mass is 345 g/mol. The van der Waals surface area contributed by atoms with Gasteiger partial charge in [0, 0.05) is 28.0 Å². The molecule has 1 aliphatic heterocycles. The lowest BCUT2D eigenvalue weighted by Crippen LogP contribution is -2.15. The van der Waals surface area contributed by atoms with Crippen molar-refractivity contribution in [3.63, 3.8) is 0 Å². The normalized spacial score (nSPS) is 14.3. The van der Waals surface area contributed by atoms with E-state index in [1.165, 1.54) is 11.8 Å². The lowest BCUT2D eigenvalue weighted by Gasteiger charge is -2.19. The van der Waals surface area contributed by atoms with E-state index in [2.05, 4.69) is 4.98 Å². The number of benzene rings is 1. The predicted molar refractivity (Wildman–Crippen MR) is 83.1 cm³/mol. The second kappa shape index (κ2) is 5.90. The van der Waals surface area contributed by atoms with E-state index in [-0.39, 0.29) is 5.75 Å². The van der Waals surface area contributed by atoms with Gasteiger partial charge in [-0.05, 0) is 23.6 Å². The van der Waals surface area contributed by atoms with Gasteiger partial charge in [-0.15, -0.1) is 11.8 Å². The van der Waals surface area contributed by atoms with Crippen LogP contribution in [0.2, 0.25) is 0 Å². The first kappa shape index (κ1) is 14.7. The van der Waals surface area contributed by atoms with Crippen molar-refractivity contribution >= 4 is 42.3 Å². The fraction of sp³-hybridized carbons (Fsp3) is 0.308. The van der Waals surface area contributed by atoms with Crippen LogP contribution in [0.1, 0.15) is 0 Å².